The summed E-state index contributed by atoms with van der Waals surface area (Å²) in [4.78, 5) is 11.3. The zero-order chi connectivity index (χ0) is 15.0. The number of anilines is 1. The molecule has 0 spiro atoms. The molecule has 0 saturated carbocycles. The molecule has 0 fully saturated rings. The van der Waals surface area contributed by atoms with Crippen LogP contribution >= 0.6 is 0 Å². The molecule has 6 heteroatoms. The molecular weight excluding hydrogens is 271 g/mol. The first-order valence-electron chi connectivity index (χ1n) is 5.97. The van der Waals surface area contributed by atoms with Gasteiger partial charge in [0.25, 0.3) is 0 Å². The van der Waals surface area contributed by atoms with Crippen molar-refractivity contribution < 1.29 is 23.1 Å². The van der Waals surface area contributed by atoms with Crippen molar-refractivity contribution in [3.05, 3.63) is 29.8 Å². The maximum Gasteiger partial charge on any atom is 0.389 e. The highest BCUT2D eigenvalue weighted by molar-refractivity contribution is 5.90. The third-order valence-electron chi connectivity index (χ3n) is 2.27. The lowest BCUT2D eigenvalue weighted by atomic mass is 10.2. The van der Waals surface area contributed by atoms with E-state index in [1.54, 1.807) is 24.3 Å². The molecule has 0 unspecified atom stereocenters. The molecule has 0 radical (unpaired) electrons. The second-order valence-electron chi connectivity index (χ2n) is 4.02. The standard InChI is InChI=1S/C14H14F3NO2/c15-14(16,17)9-8-13(20)18-12-6-4-11(5-7-12)3-1-2-10-19/h4-7,19H,2,8-10H2,(H,18,20). The summed E-state index contributed by atoms with van der Waals surface area (Å²) in [6.07, 6.45) is -5.69. The molecule has 0 aliphatic carbocycles. The fourth-order valence-electron chi connectivity index (χ4n) is 1.34. The molecule has 0 saturated heterocycles. The Labute approximate surface area is 114 Å². The summed E-state index contributed by atoms with van der Waals surface area (Å²) in [5, 5.41) is 10.9. The molecule has 1 aromatic rings. The fourth-order valence-corrected chi connectivity index (χ4v) is 1.34. The maximum atomic E-state index is 11.9. The van der Waals surface area contributed by atoms with Crippen molar-refractivity contribution in [2.45, 2.75) is 25.4 Å². The summed E-state index contributed by atoms with van der Waals surface area (Å²) in [6, 6.07) is 6.41. The number of carbonyl (C=O) groups excluding carboxylic acids is 1. The maximum absolute atomic E-state index is 11.9. The van der Waals surface area contributed by atoms with Crippen LogP contribution in [0.1, 0.15) is 24.8 Å². The van der Waals surface area contributed by atoms with Crippen LogP contribution in [0.5, 0.6) is 0 Å². The molecule has 1 aromatic carbocycles. The minimum absolute atomic E-state index is 0.0135. The number of aliphatic hydroxyl groups excluding tert-OH is 1. The van der Waals surface area contributed by atoms with Crippen LogP contribution < -0.4 is 5.32 Å². The van der Waals surface area contributed by atoms with Crippen molar-refractivity contribution in [3.63, 3.8) is 0 Å². The molecule has 108 valence electrons. The lowest BCUT2D eigenvalue weighted by Gasteiger charge is -2.07. The fraction of sp³-hybridized carbons (Fsp3) is 0.357. The van der Waals surface area contributed by atoms with E-state index in [1.165, 1.54) is 0 Å². The van der Waals surface area contributed by atoms with Gasteiger partial charge in [-0.3, -0.25) is 4.79 Å². The van der Waals surface area contributed by atoms with Gasteiger partial charge in [-0.1, -0.05) is 11.8 Å². The summed E-state index contributed by atoms with van der Waals surface area (Å²) in [5.74, 6) is 4.86. The SMILES string of the molecule is O=C(CCC(F)(F)F)Nc1ccc(C#CCCO)cc1. The average molecular weight is 285 g/mol. The van der Waals surface area contributed by atoms with Crippen molar-refractivity contribution in [1.29, 1.82) is 0 Å². The third kappa shape index (κ3) is 6.81. The van der Waals surface area contributed by atoms with Gasteiger partial charge in [-0.05, 0) is 24.3 Å². The molecule has 0 aliphatic rings. The molecule has 0 atom stereocenters. The van der Waals surface area contributed by atoms with E-state index in [0.717, 1.165) is 0 Å². The van der Waals surface area contributed by atoms with Crippen LogP contribution in [-0.4, -0.2) is 23.8 Å². The van der Waals surface area contributed by atoms with Crippen LogP contribution in [-0.2, 0) is 4.79 Å². The second-order valence-corrected chi connectivity index (χ2v) is 4.02. The Hall–Kier alpha value is -2.00. The molecule has 0 heterocycles. The Balaban J connectivity index is 2.49. The lowest BCUT2D eigenvalue weighted by molar-refractivity contribution is -0.142. The number of carbonyl (C=O) groups is 1. The Morgan fingerprint density at radius 3 is 2.45 bits per heavy atom. The van der Waals surface area contributed by atoms with E-state index in [-0.39, 0.29) is 6.61 Å². The third-order valence-corrected chi connectivity index (χ3v) is 2.27. The largest absolute Gasteiger partial charge is 0.395 e. The Morgan fingerprint density at radius 2 is 1.90 bits per heavy atom. The predicted octanol–water partition coefficient (Wildman–Crippen LogP) is 2.70. The van der Waals surface area contributed by atoms with Crippen LogP contribution in [0.2, 0.25) is 0 Å². The number of amides is 1. The Bertz CT molecular complexity index is 498. The summed E-state index contributed by atoms with van der Waals surface area (Å²) in [6.45, 7) is -0.0135. The molecule has 1 rings (SSSR count). The highest BCUT2D eigenvalue weighted by Crippen LogP contribution is 2.21. The van der Waals surface area contributed by atoms with E-state index in [0.29, 0.717) is 17.7 Å². The number of benzene rings is 1. The highest BCUT2D eigenvalue weighted by atomic mass is 19.4. The van der Waals surface area contributed by atoms with Crippen molar-refractivity contribution in [1.82, 2.24) is 0 Å². The van der Waals surface area contributed by atoms with E-state index in [9.17, 15) is 18.0 Å². The van der Waals surface area contributed by atoms with Crippen molar-refractivity contribution >= 4 is 11.6 Å². The van der Waals surface area contributed by atoms with Crippen molar-refractivity contribution in [3.8, 4) is 11.8 Å². The average Bonchev–Trinajstić information content (AvgIpc) is 2.38. The highest BCUT2D eigenvalue weighted by Gasteiger charge is 2.27. The van der Waals surface area contributed by atoms with Crippen molar-refractivity contribution in [2.75, 3.05) is 11.9 Å². The van der Waals surface area contributed by atoms with E-state index in [2.05, 4.69) is 17.2 Å². The molecule has 1 amide bonds. The zero-order valence-corrected chi connectivity index (χ0v) is 10.6. The molecule has 0 aromatic heterocycles. The monoisotopic (exact) mass is 285 g/mol. The van der Waals surface area contributed by atoms with Gasteiger partial charge in [0.1, 0.15) is 0 Å². The van der Waals surface area contributed by atoms with Gasteiger partial charge in [0.05, 0.1) is 13.0 Å². The topological polar surface area (TPSA) is 49.3 Å². The quantitative estimate of drug-likeness (QED) is 0.836. The summed E-state index contributed by atoms with van der Waals surface area (Å²) in [5.41, 5.74) is 1.12. The molecular formula is C14H14F3NO2. The number of hydrogen-bond donors (Lipinski definition) is 2. The van der Waals surface area contributed by atoms with Crippen LogP contribution in [0.15, 0.2) is 24.3 Å². The first-order chi connectivity index (χ1) is 9.40. The normalized spacial score (nSPS) is 10.6. The summed E-state index contributed by atoms with van der Waals surface area (Å²) in [7, 11) is 0. The lowest BCUT2D eigenvalue weighted by Crippen LogP contribution is -2.16. The number of nitrogens with one attached hydrogen (secondary N) is 1. The van der Waals surface area contributed by atoms with Gasteiger partial charge in [-0.25, -0.2) is 0 Å². The number of alkyl halides is 3. The number of halogens is 3. The molecule has 3 nitrogen and oxygen atoms in total. The van der Waals surface area contributed by atoms with Gasteiger partial charge >= 0.3 is 6.18 Å². The smallest absolute Gasteiger partial charge is 0.389 e. The van der Waals surface area contributed by atoms with Crippen LogP contribution in [0.3, 0.4) is 0 Å². The zero-order valence-electron chi connectivity index (χ0n) is 10.6. The summed E-state index contributed by atoms with van der Waals surface area (Å²) >= 11 is 0. The van der Waals surface area contributed by atoms with E-state index < -0.39 is 24.9 Å². The first-order valence-corrected chi connectivity index (χ1v) is 5.97. The molecule has 0 bridgehead atoms. The predicted molar refractivity (Wildman–Crippen MR) is 68.9 cm³/mol. The molecule has 0 aliphatic heterocycles. The minimum Gasteiger partial charge on any atom is -0.395 e. The van der Waals surface area contributed by atoms with Gasteiger partial charge < -0.3 is 10.4 Å². The number of rotatable bonds is 4. The van der Waals surface area contributed by atoms with E-state index in [1.807, 2.05) is 0 Å². The van der Waals surface area contributed by atoms with Gasteiger partial charge in [0.2, 0.25) is 5.91 Å². The van der Waals surface area contributed by atoms with Gasteiger partial charge in [-0.15, -0.1) is 0 Å². The van der Waals surface area contributed by atoms with E-state index in [4.69, 9.17) is 5.11 Å². The van der Waals surface area contributed by atoms with E-state index >= 15 is 0 Å². The minimum atomic E-state index is -4.33. The second kappa shape index (κ2) is 7.56. The van der Waals surface area contributed by atoms with Gasteiger partial charge in [0.15, 0.2) is 0 Å². The van der Waals surface area contributed by atoms with Gasteiger partial charge in [0, 0.05) is 24.1 Å². The summed E-state index contributed by atoms with van der Waals surface area (Å²) < 4.78 is 35.8. The Morgan fingerprint density at radius 1 is 1.25 bits per heavy atom. The van der Waals surface area contributed by atoms with Crippen LogP contribution in [0, 0.1) is 11.8 Å². The Kier molecular flexibility index (Phi) is 6.07. The van der Waals surface area contributed by atoms with Crippen molar-refractivity contribution in [2.24, 2.45) is 0 Å². The van der Waals surface area contributed by atoms with Gasteiger partial charge in [-0.2, -0.15) is 13.2 Å². The van der Waals surface area contributed by atoms with Crippen LogP contribution in [0.25, 0.3) is 0 Å². The molecule has 20 heavy (non-hydrogen) atoms. The number of aliphatic hydroxyl groups is 1. The first kappa shape index (κ1) is 16.1. The molecule has 2 N–H and O–H groups in total. The number of hydrogen-bond acceptors (Lipinski definition) is 2. The van der Waals surface area contributed by atoms with Crippen LogP contribution in [0.4, 0.5) is 18.9 Å².